The standard InChI is InChI=1S/C18H21NO2/c20-17-9-8-15(11-16-7-4-10-19-16)12-18(17)21-13-14-5-2-1-3-6-14/h1-3,5-6,8-9,12,16,19-20H,4,7,10-11,13H2. The topological polar surface area (TPSA) is 41.5 Å². The number of phenolic OH excluding ortho intramolecular Hbond substituents is 1. The number of ether oxygens (including phenoxy) is 1. The molecule has 2 N–H and O–H groups in total. The number of hydrogen-bond acceptors (Lipinski definition) is 3. The number of rotatable bonds is 5. The molecule has 1 fully saturated rings. The van der Waals surface area contributed by atoms with Crippen LogP contribution in [0.2, 0.25) is 0 Å². The lowest BCUT2D eigenvalue weighted by Gasteiger charge is -2.13. The van der Waals surface area contributed by atoms with Crippen molar-refractivity contribution < 1.29 is 9.84 Å². The average Bonchev–Trinajstić information content (AvgIpc) is 3.02. The molecule has 2 aromatic rings. The molecule has 1 heterocycles. The summed E-state index contributed by atoms with van der Waals surface area (Å²) in [4.78, 5) is 0. The van der Waals surface area contributed by atoms with Gasteiger partial charge in [-0.2, -0.15) is 0 Å². The Labute approximate surface area is 125 Å². The molecule has 1 atom stereocenters. The summed E-state index contributed by atoms with van der Waals surface area (Å²) in [5, 5.41) is 13.4. The first-order chi connectivity index (χ1) is 10.3. The van der Waals surface area contributed by atoms with Crippen LogP contribution >= 0.6 is 0 Å². The quantitative estimate of drug-likeness (QED) is 0.885. The van der Waals surface area contributed by atoms with Gasteiger partial charge < -0.3 is 15.2 Å². The van der Waals surface area contributed by atoms with E-state index in [0.717, 1.165) is 18.5 Å². The Hall–Kier alpha value is -2.00. The Morgan fingerprint density at radius 1 is 1.10 bits per heavy atom. The molecule has 3 nitrogen and oxygen atoms in total. The van der Waals surface area contributed by atoms with Gasteiger partial charge in [-0.3, -0.25) is 0 Å². The minimum absolute atomic E-state index is 0.203. The van der Waals surface area contributed by atoms with E-state index in [4.69, 9.17) is 4.74 Å². The van der Waals surface area contributed by atoms with Crippen molar-refractivity contribution in [3.05, 3.63) is 59.7 Å². The number of nitrogens with one attached hydrogen (secondary N) is 1. The maximum atomic E-state index is 9.93. The normalized spacial score (nSPS) is 17.8. The lowest BCUT2D eigenvalue weighted by atomic mass is 10.0. The van der Waals surface area contributed by atoms with Gasteiger partial charge in [0.2, 0.25) is 0 Å². The summed E-state index contributed by atoms with van der Waals surface area (Å²) in [6.07, 6.45) is 3.46. The molecule has 3 heteroatoms. The van der Waals surface area contributed by atoms with Crippen molar-refractivity contribution in [1.82, 2.24) is 5.32 Å². The molecule has 0 aromatic heterocycles. The van der Waals surface area contributed by atoms with E-state index in [-0.39, 0.29) is 5.75 Å². The van der Waals surface area contributed by atoms with E-state index in [1.165, 1.54) is 18.4 Å². The zero-order valence-corrected chi connectivity index (χ0v) is 12.1. The van der Waals surface area contributed by atoms with Crippen LogP contribution in [0.1, 0.15) is 24.0 Å². The van der Waals surface area contributed by atoms with Crippen LogP contribution in [-0.2, 0) is 13.0 Å². The predicted octanol–water partition coefficient (Wildman–Crippen LogP) is 3.27. The minimum Gasteiger partial charge on any atom is -0.504 e. The Morgan fingerprint density at radius 3 is 2.71 bits per heavy atom. The molecule has 0 aliphatic carbocycles. The van der Waals surface area contributed by atoms with Gasteiger partial charge in [0, 0.05) is 6.04 Å². The second-order valence-electron chi connectivity index (χ2n) is 5.57. The van der Waals surface area contributed by atoms with Gasteiger partial charge in [0.05, 0.1) is 0 Å². The number of aromatic hydroxyl groups is 1. The van der Waals surface area contributed by atoms with E-state index in [0.29, 0.717) is 18.4 Å². The molecule has 0 spiro atoms. The van der Waals surface area contributed by atoms with E-state index in [9.17, 15) is 5.11 Å². The second kappa shape index (κ2) is 6.64. The lowest BCUT2D eigenvalue weighted by Crippen LogP contribution is -2.23. The number of hydrogen-bond donors (Lipinski definition) is 2. The molecule has 1 unspecified atom stereocenters. The third kappa shape index (κ3) is 3.76. The van der Waals surface area contributed by atoms with Crippen LogP contribution in [0.25, 0.3) is 0 Å². The van der Waals surface area contributed by atoms with Crippen LogP contribution in [0.4, 0.5) is 0 Å². The molecule has 2 aromatic carbocycles. The van der Waals surface area contributed by atoms with Gasteiger partial charge in [0.25, 0.3) is 0 Å². The van der Waals surface area contributed by atoms with Crippen molar-refractivity contribution in [2.75, 3.05) is 6.54 Å². The van der Waals surface area contributed by atoms with Crippen LogP contribution in [0, 0.1) is 0 Å². The van der Waals surface area contributed by atoms with Gasteiger partial charge in [0.15, 0.2) is 11.5 Å². The highest BCUT2D eigenvalue weighted by atomic mass is 16.5. The van der Waals surface area contributed by atoms with Gasteiger partial charge in [-0.15, -0.1) is 0 Å². The number of phenols is 1. The van der Waals surface area contributed by atoms with Gasteiger partial charge in [-0.1, -0.05) is 36.4 Å². The molecule has 0 amide bonds. The van der Waals surface area contributed by atoms with Crippen LogP contribution in [0.15, 0.2) is 48.5 Å². The summed E-state index contributed by atoms with van der Waals surface area (Å²) in [7, 11) is 0. The Balaban J connectivity index is 1.66. The molecule has 110 valence electrons. The van der Waals surface area contributed by atoms with Gasteiger partial charge in [0.1, 0.15) is 6.61 Å². The first-order valence-electron chi connectivity index (χ1n) is 7.53. The first-order valence-corrected chi connectivity index (χ1v) is 7.53. The van der Waals surface area contributed by atoms with E-state index < -0.39 is 0 Å². The SMILES string of the molecule is Oc1ccc(CC2CCCN2)cc1OCc1ccccc1. The Bertz CT molecular complexity index is 577. The summed E-state index contributed by atoms with van der Waals surface area (Å²) >= 11 is 0. The summed E-state index contributed by atoms with van der Waals surface area (Å²) < 4.78 is 5.76. The third-order valence-corrected chi connectivity index (χ3v) is 3.91. The van der Waals surface area contributed by atoms with Gasteiger partial charge in [-0.25, -0.2) is 0 Å². The molecular formula is C18H21NO2. The van der Waals surface area contributed by atoms with Gasteiger partial charge in [-0.05, 0) is 49.1 Å². The van der Waals surface area contributed by atoms with Crippen molar-refractivity contribution in [1.29, 1.82) is 0 Å². The maximum Gasteiger partial charge on any atom is 0.161 e. The largest absolute Gasteiger partial charge is 0.504 e. The fourth-order valence-corrected chi connectivity index (χ4v) is 2.75. The van der Waals surface area contributed by atoms with Crippen molar-refractivity contribution in [3.63, 3.8) is 0 Å². The zero-order valence-electron chi connectivity index (χ0n) is 12.1. The summed E-state index contributed by atoms with van der Waals surface area (Å²) in [6.45, 7) is 1.58. The predicted molar refractivity (Wildman–Crippen MR) is 83.6 cm³/mol. The fraction of sp³-hybridized carbons (Fsp3) is 0.333. The number of benzene rings is 2. The van der Waals surface area contributed by atoms with Crippen LogP contribution in [0.3, 0.4) is 0 Å². The molecule has 0 saturated carbocycles. The van der Waals surface area contributed by atoms with Crippen molar-refractivity contribution in [2.45, 2.75) is 31.9 Å². The Kier molecular flexibility index (Phi) is 4.41. The van der Waals surface area contributed by atoms with Crippen LogP contribution < -0.4 is 10.1 Å². The van der Waals surface area contributed by atoms with E-state index >= 15 is 0 Å². The lowest BCUT2D eigenvalue weighted by molar-refractivity contribution is 0.288. The maximum absolute atomic E-state index is 9.93. The van der Waals surface area contributed by atoms with Crippen molar-refractivity contribution in [2.24, 2.45) is 0 Å². The molecule has 21 heavy (non-hydrogen) atoms. The highest BCUT2D eigenvalue weighted by molar-refractivity contribution is 5.42. The highest BCUT2D eigenvalue weighted by Gasteiger charge is 2.15. The summed E-state index contributed by atoms with van der Waals surface area (Å²) in [5.41, 5.74) is 2.30. The minimum atomic E-state index is 0.203. The van der Waals surface area contributed by atoms with Crippen molar-refractivity contribution >= 4 is 0 Å². The highest BCUT2D eigenvalue weighted by Crippen LogP contribution is 2.28. The van der Waals surface area contributed by atoms with Gasteiger partial charge >= 0.3 is 0 Å². The third-order valence-electron chi connectivity index (χ3n) is 3.91. The van der Waals surface area contributed by atoms with Crippen molar-refractivity contribution in [3.8, 4) is 11.5 Å². The molecular weight excluding hydrogens is 262 g/mol. The monoisotopic (exact) mass is 283 g/mol. The first kappa shape index (κ1) is 14.0. The molecule has 1 aliphatic rings. The smallest absolute Gasteiger partial charge is 0.161 e. The summed E-state index contributed by atoms with van der Waals surface area (Å²) in [6, 6.07) is 16.2. The fourth-order valence-electron chi connectivity index (χ4n) is 2.75. The zero-order chi connectivity index (χ0) is 14.5. The summed E-state index contributed by atoms with van der Waals surface area (Å²) in [5.74, 6) is 0.767. The van der Waals surface area contributed by atoms with Crippen LogP contribution in [-0.4, -0.2) is 17.7 Å². The molecule has 3 rings (SSSR count). The average molecular weight is 283 g/mol. The molecule has 0 bridgehead atoms. The molecule has 1 aliphatic heterocycles. The second-order valence-corrected chi connectivity index (χ2v) is 5.57. The Morgan fingerprint density at radius 2 is 1.95 bits per heavy atom. The molecule has 0 radical (unpaired) electrons. The molecule has 1 saturated heterocycles. The van der Waals surface area contributed by atoms with E-state index in [2.05, 4.69) is 5.32 Å². The van der Waals surface area contributed by atoms with Crippen LogP contribution in [0.5, 0.6) is 11.5 Å². The van der Waals surface area contributed by atoms with E-state index in [1.807, 2.05) is 42.5 Å². The van der Waals surface area contributed by atoms with E-state index in [1.54, 1.807) is 6.07 Å².